The Hall–Kier alpha value is -3.28. The van der Waals surface area contributed by atoms with Crippen LogP contribution in [0.3, 0.4) is 0 Å². The van der Waals surface area contributed by atoms with Gasteiger partial charge in [-0.25, -0.2) is 13.2 Å². The third-order valence-electron chi connectivity index (χ3n) is 7.11. The van der Waals surface area contributed by atoms with Crippen molar-refractivity contribution in [3.05, 3.63) is 83.2 Å². The molecule has 37 heavy (non-hydrogen) atoms. The van der Waals surface area contributed by atoms with Crippen molar-refractivity contribution in [3.8, 4) is 22.6 Å². The molecule has 0 amide bonds. The van der Waals surface area contributed by atoms with Crippen LogP contribution in [-0.2, 0) is 4.79 Å². The minimum Gasteiger partial charge on any atom is -0.493 e. The van der Waals surface area contributed by atoms with Gasteiger partial charge in [0.1, 0.15) is 5.75 Å². The number of hydrogen-bond donors (Lipinski definition) is 0. The Morgan fingerprint density at radius 3 is 2.30 bits per heavy atom. The molecule has 6 heteroatoms. The van der Waals surface area contributed by atoms with E-state index in [9.17, 15) is 13.6 Å². The number of benzene rings is 3. The van der Waals surface area contributed by atoms with E-state index in [2.05, 4.69) is 6.92 Å². The van der Waals surface area contributed by atoms with Crippen LogP contribution >= 0.6 is 0 Å². The third kappa shape index (κ3) is 6.54. The van der Waals surface area contributed by atoms with Crippen molar-refractivity contribution in [1.82, 2.24) is 0 Å². The fourth-order valence-corrected chi connectivity index (χ4v) is 4.86. The molecule has 3 aromatic rings. The molecule has 1 aliphatic carbocycles. The third-order valence-corrected chi connectivity index (χ3v) is 7.11. The number of halogens is 3. The minimum atomic E-state index is -0.851. The predicted molar refractivity (Wildman–Crippen MR) is 138 cm³/mol. The van der Waals surface area contributed by atoms with Gasteiger partial charge in [-0.3, -0.25) is 4.79 Å². The number of ether oxygens (including phenoxy) is 2. The van der Waals surface area contributed by atoms with E-state index in [0.29, 0.717) is 49.2 Å². The zero-order valence-corrected chi connectivity index (χ0v) is 21.4. The van der Waals surface area contributed by atoms with Gasteiger partial charge in [-0.05, 0) is 68.2 Å². The second-order valence-corrected chi connectivity index (χ2v) is 9.81. The highest BCUT2D eigenvalue weighted by molar-refractivity contribution is 5.75. The lowest BCUT2D eigenvalue weighted by Gasteiger charge is -2.28. The maximum absolute atomic E-state index is 15.0. The van der Waals surface area contributed by atoms with Gasteiger partial charge in [0.05, 0.1) is 12.5 Å². The predicted octanol–water partition coefficient (Wildman–Crippen LogP) is 8.53. The van der Waals surface area contributed by atoms with Crippen LogP contribution in [0.5, 0.6) is 11.5 Å². The Labute approximate surface area is 216 Å². The summed E-state index contributed by atoms with van der Waals surface area (Å²) >= 11 is 0. The van der Waals surface area contributed by atoms with E-state index in [1.807, 2.05) is 19.1 Å². The van der Waals surface area contributed by atoms with Crippen molar-refractivity contribution in [3.63, 3.8) is 0 Å². The Balaban J connectivity index is 1.34. The molecule has 0 atom stereocenters. The molecule has 0 saturated heterocycles. The molecule has 0 heterocycles. The summed E-state index contributed by atoms with van der Waals surface area (Å²) in [6.45, 7) is 4.54. The molecule has 3 aromatic carbocycles. The molecule has 0 N–H and O–H groups in total. The molecule has 0 radical (unpaired) electrons. The van der Waals surface area contributed by atoms with Crippen molar-refractivity contribution >= 4 is 5.97 Å². The number of esters is 1. The highest BCUT2D eigenvalue weighted by Gasteiger charge is 2.31. The maximum atomic E-state index is 15.0. The van der Waals surface area contributed by atoms with Gasteiger partial charge in [-0.15, -0.1) is 0 Å². The molecule has 196 valence electrons. The van der Waals surface area contributed by atoms with Gasteiger partial charge in [0.2, 0.25) is 0 Å². The van der Waals surface area contributed by atoms with E-state index < -0.39 is 29.3 Å². The van der Waals surface area contributed by atoms with E-state index in [1.54, 1.807) is 30.3 Å². The van der Waals surface area contributed by atoms with Crippen molar-refractivity contribution in [2.45, 2.75) is 64.7 Å². The van der Waals surface area contributed by atoms with Gasteiger partial charge < -0.3 is 9.47 Å². The highest BCUT2D eigenvalue weighted by atomic mass is 19.2. The van der Waals surface area contributed by atoms with Crippen LogP contribution < -0.4 is 9.47 Å². The Bertz CT molecular complexity index is 1220. The van der Waals surface area contributed by atoms with Crippen LogP contribution in [-0.4, -0.2) is 12.6 Å². The summed E-state index contributed by atoms with van der Waals surface area (Å²) < 4.78 is 55.3. The second-order valence-electron chi connectivity index (χ2n) is 9.81. The van der Waals surface area contributed by atoms with E-state index in [0.717, 1.165) is 24.8 Å². The van der Waals surface area contributed by atoms with Gasteiger partial charge in [0.15, 0.2) is 23.2 Å². The average Bonchev–Trinajstić information content (AvgIpc) is 2.90. The fourth-order valence-electron chi connectivity index (χ4n) is 4.86. The smallest absolute Gasteiger partial charge is 0.314 e. The van der Waals surface area contributed by atoms with E-state index in [-0.39, 0.29) is 17.2 Å². The van der Waals surface area contributed by atoms with Crippen LogP contribution in [0, 0.1) is 30.3 Å². The number of aryl methyl sites for hydroxylation is 1. The molecule has 1 aliphatic rings. The maximum Gasteiger partial charge on any atom is 0.314 e. The van der Waals surface area contributed by atoms with Crippen LogP contribution in [0.15, 0.2) is 54.6 Å². The zero-order chi connectivity index (χ0) is 26.4. The van der Waals surface area contributed by atoms with Crippen LogP contribution in [0.25, 0.3) is 11.1 Å². The van der Waals surface area contributed by atoms with E-state index >= 15 is 4.39 Å². The molecular weight excluding hydrogens is 477 g/mol. The van der Waals surface area contributed by atoms with Crippen molar-refractivity contribution in [2.75, 3.05) is 6.61 Å². The molecule has 0 unspecified atom stereocenters. The first-order valence-corrected chi connectivity index (χ1v) is 13.1. The van der Waals surface area contributed by atoms with Gasteiger partial charge >= 0.3 is 5.97 Å². The number of unbranched alkanes of at least 4 members (excludes halogenated alkanes) is 2. The van der Waals surface area contributed by atoms with Crippen molar-refractivity contribution in [1.29, 1.82) is 0 Å². The molecule has 3 nitrogen and oxygen atoms in total. The van der Waals surface area contributed by atoms with Crippen molar-refractivity contribution in [2.24, 2.45) is 5.92 Å². The topological polar surface area (TPSA) is 35.5 Å². The van der Waals surface area contributed by atoms with Gasteiger partial charge in [0.25, 0.3) is 0 Å². The second kappa shape index (κ2) is 12.3. The molecule has 0 spiro atoms. The van der Waals surface area contributed by atoms with E-state index in [4.69, 9.17) is 9.47 Å². The molecule has 0 aliphatic heterocycles. The Morgan fingerprint density at radius 2 is 1.62 bits per heavy atom. The normalized spacial score (nSPS) is 17.4. The molecular formula is C31H33F3O3. The van der Waals surface area contributed by atoms with Crippen LogP contribution in [0.4, 0.5) is 13.2 Å². The highest BCUT2D eigenvalue weighted by Crippen LogP contribution is 2.39. The molecule has 0 aromatic heterocycles. The van der Waals surface area contributed by atoms with E-state index in [1.165, 1.54) is 12.1 Å². The monoisotopic (exact) mass is 510 g/mol. The standard InChI is InChI=1S/C31H33F3O3/c1-3-4-5-18-36-24-14-17-28(27(32)19-24)37-31(35)23-12-10-22(11-13-23)26-16-15-25(29(33)30(26)34)21-8-6-20(2)7-9-21/h6-9,14-17,19,22-23H,3-5,10-13,18H2,1-2H3. The molecule has 1 fully saturated rings. The van der Waals surface area contributed by atoms with Gasteiger partial charge in [-0.2, -0.15) is 0 Å². The summed E-state index contributed by atoms with van der Waals surface area (Å²) in [6, 6.07) is 14.8. The first-order valence-electron chi connectivity index (χ1n) is 13.1. The number of carbonyl (C=O) groups excluding carboxylic acids is 1. The first-order chi connectivity index (χ1) is 17.9. The lowest BCUT2D eigenvalue weighted by atomic mass is 9.78. The summed E-state index contributed by atoms with van der Waals surface area (Å²) in [6.07, 6.45) is 4.97. The molecule has 4 rings (SSSR count). The van der Waals surface area contributed by atoms with Crippen LogP contribution in [0.1, 0.15) is 68.9 Å². The minimum absolute atomic E-state index is 0.132. The Kier molecular flexibility index (Phi) is 8.91. The summed E-state index contributed by atoms with van der Waals surface area (Å²) in [4.78, 5) is 12.7. The Morgan fingerprint density at radius 1 is 0.892 bits per heavy atom. The first kappa shape index (κ1) is 26.8. The summed E-state index contributed by atoms with van der Waals surface area (Å²) in [5.41, 5.74) is 2.24. The SMILES string of the molecule is CCCCCOc1ccc(OC(=O)C2CCC(c3ccc(-c4ccc(C)cc4)c(F)c3F)CC2)c(F)c1. The summed E-state index contributed by atoms with van der Waals surface area (Å²) in [7, 11) is 0. The number of carbonyl (C=O) groups is 1. The van der Waals surface area contributed by atoms with Gasteiger partial charge in [-0.1, -0.05) is 61.7 Å². The van der Waals surface area contributed by atoms with Gasteiger partial charge in [0, 0.05) is 11.6 Å². The van der Waals surface area contributed by atoms with Crippen LogP contribution in [0.2, 0.25) is 0 Å². The quantitative estimate of drug-likeness (QED) is 0.164. The molecule has 1 saturated carbocycles. The number of rotatable bonds is 9. The lowest BCUT2D eigenvalue weighted by molar-refractivity contribution is -0.140. The lowest BCUT2D eigenvalue weighted by Crippen LogP contribution is -2.25. The average molecular weight is 511 g/mol. The largest absolute Gasteiger partial charge is 0.493 e. The number of hydrogen-bond acceptors (Lipinski definition) is 3. The summed E-state index contributed by atoms with van der Waals surface area (Å²) in [5, 5.41) is 0. The zero-order valence-electron chi connectivity index (χ0n) is 21.4. The van der Waals surface area contributed by atoms with Crippen molar-refractivity contribution < 1.29 is 27.4 Å². The summed E-state index contributed by atoms with van der Waals surface area (Å²) in [5.74, 6) is -3.17. The fraction of sp³-hybridized carbons (Fsp3) is 0.387. The molecule has 0 bridgehead atoms.